The van der Waals surface area contributed by atoms with Crippen molar-refractivity contribution in [1.82, 2.24) is 0 Å². The van der Waals surface area contributed by atoms with Crippen LogP contribution >= 0.6 is 7.82 Å². The minimum Gasteiger partial charge on any atom is -0.480 e. The van der Waals surface area contributed by atoms with Crippen molar-refractivity contribution in [3.63, 3.8) is 0 Å². The predicted octanol–water partition coefficient (Wildman–Crippen LogP) is 15.1. The molecule has 61 heavy (non-hydrogen) atoms. The maximum Gasteiger partial charge on any atom is 0.472 e. The largest absolute Gasteiger partial charge is 0.480 e. The summed E-state index contributed by atoms with van der Waals surface area (Å²) in [5.74, 6) is -1.76. The van der Waals surface area contributed by atoms with E-state index in [9.17, 15) is 19.0 Å². The Morgan fingerprint density at radius 3 is 1.08 bits per heavy atom. The lowest BCUT2D eigenvalue weighted by Crippen LogP contribution is -2.34. The predicted molar refractivity (Wildman–Crippen MR) is 254 cm³/mol. The van der Waals surface area contributed by atoms with Crippen LogP contribution in [0.15, 0.2) is 0 Å². The number of carbonyl (C=O) groups excluding carboxylic acids is 1. The van der Waals surface area contributed by atoms with Gasteiger partial charge in [-0.2, -0.15) is 0 Å². The van der Waals surface area contributed by atoms with E-state index in [0.717, 1.165) is 38.5 Å². The molecular formula is C50H100NO9P. The molecule has 0 aromatic carbocycles. The highest BCUT2D eigenvalue weighted by Gasteiger charge is 2.27. The molecule has 0 radical (unpaired) electrons. The Labute approximate surface area is 376 Å². The van der Waals surface area contributed by atoms with Crippen LogP contribution in [0.4, 0.5) is 0 Å². The number of hydrogen-bond donors (Lipinski definition) is 3. The number of esters is 1. The van der Waals surface area contributed by atoms with Gasteiger partial charge in [-0.05, 0) is 12.8 Å². The second-order valence-electron chi connectivity index (χ2n) is 18.0. The Balaban J connectivity index is 4.07. The molecule has 4 N–H and O–H groups in total. The molecule has 0 aliphatic heterocycles. The van der Waals surface area contributed by atoms with E-state index in [4.69, 9.17) is 29.4 Å². The molecule has 0 aromatic heterocycles. The number of carboxylic acids is 1. The first-order valence-electron chi connectivity index (χ1n) is 26.1. The summed E-state index contributed by atoms with van der Waals surface area (Å²) in [5, 5.41) is 8.93. The zero-order chi connectivity index (χ0) is 44.8. The third-order valence-electron chi connectivity index (χ3n) is 11.9. The third-order valence-corrected chi connectivity index (χ3v) is 12.8. The summed E-state index contributed by atoms with van der Waals surface area (Å²) in [5.41, 5.74) is 5.38. The van der Waals surface area contributed by atoms with Crippen molar-refractivity contribution in [3.05, 3.63) is 0 Å². The Hall–Kier alpha value is -1.03. The Bertz CT molecular complexity index is 987. The lowest BCUT2D eigenvalue weighted by molar-refractivity contribution is -0.154. The molecule has 0 rings (SSSR count). The minimum atomic E-state index is -4.61. The maximum absolute atomic E-state index is 12.7. The van der Waals surface area contributed by atoms with Crippen LogP contribution in [0, 0.1) is 0 Å². The van der Waals surface area contributed by atoms with Gasteiger partial charge in [0, 0.05) is 13.0 Å². The number of rotatable bonds is 51. The minimum absolute atomic E-state index is 0.0264. The van der Waals surface area contributed by atoms with E-state index < -0.39 is 45.1 Å². The molecule has 11 heteroatoms. The van der Waals surface area contributed by atoms with E-state index in [1.807, 2.05) is 0 Å². The molecule has 0 amide bonds. The van der Waals surface area contributed by atoms with Crippen molar-refractivity contribution in [3.8, 4) is 0 Å². The molecule has 10 nitrogen and oxygen atoms in total. The van der Waals surface area contributed by atoms with Gasteiger partial charge in [0.05, 0.1) is 19.8 Å². The van der Waals surface area contributed by atoms with E-state index in [1.54, 1.807) is 0 Å². The van der Waals surface area contributed by atoms with Crippen LogP contribution in [0.1, 0.15) is 271 Å². The fourth-order valence-electron chi connectivity index (χ4n) is 7.84. The van der Waals surface area contributed by atoms with Crippen LogP contribution in [0.5, 0.6) is 0 Å². The standard InChI is InChI=1S/C50H100NO9P/c1-3-5-7-9-11-13-15-17-19-21-23-24-25-26-28-30-32-34-36-38-40-42-49(52)60-47(45-58-61(55,56)59-46-48(51)50(53)54)44-57-43-41-39-37-35-33-31-29-27-22-20-18-16-14-12-10-8-6-4-2/h47-48H,3-46,51H2,1-2H3,(H,53,54)(H,55,56). The van der Waals surface area contributed by atoms with Crippen LogP contribution in [0.25, 0.3) is 0 Å². The Morgan fingerprint density at radius 1 is 0.459 bits per heavy atom. The van der Waals surface area contributed by atoms with E-state index in [1.165, 1.54) is 212 Å². The molecule has 0 saturated heterocycles. The molecule has 0 aromatic rings. The van der Waals surface area contributed by atoms with Crippen molar-refractivity contribution in [2.75, 3.05) is 26.4 Å². The fourth-order valence-corrected chi connectivity index (χ4v) is 8.62. The van der Waals surface area contributed by atoms with Crippen molar-refractivity contribution in [1.29, 1.82) is 0 Å². The SMILES string of the molecule is CCCCCCCCCCCCCCCCCCCCCCCC(=O)OC(COCCCCCCCCCCCCCCCCCCCC)COP(=O)(O)OCC(N)C(=O)O. The van der Waals surface area contributed by atoms with Crippen LogP contribution in [-0.2, 0) is 32.7 Å². The fraction of sp³-hybridized carbons (Fsp3) is 0.960. The number of carboxylic acid groups (broad SMARTS) is 1. The number of phosphoric ester groups is 1. The van der Waals surface area contributed by atoms with Crippen LogP contribution in [0.2, 0.25) is 0 Å². The average molecular weight is 890 g/mol. The molecular weight excluding hydrogens is 790 g/mol. The maximum atomic E-state index is 12.7. The second-order valence-corrected chi connectivity index (χ2v) is 19.5. The van der Waals surface area contributed by atoms with Gasteiger partial charge in [-0.3, -0.25) is 18.6 Å². The number of phosphoric acid groups is 1. The van der Waals surface area contributed by atoms with Gasteiger partial charge in [-0.15, -0.1) is 0 Å². The van der Waals surface area contributed by atoms with Crippen molar-refractivity contribution >= 4 is 19.8 Å². The smallest absolute Gasteiger partial charge is 0.472 e. The quantitative estimate of drug-likeness (QED) is 0.0305. The molecule has 364 valence electrons. The van der Waals surface area contributed by atoms with E-state index >= 15 is 0 Å². The van der Waals surface area contributed by atoms with Gasteiger partial charge in [0.2, 0.25) is 0 Å². The molecule has 0 bridgehead atoms. The average Bonchev–Trinajstić information content (AvgIpc) is 3.24. The van der Waals surface area contributed by atoms with Crippen molar-refractivity contribution in [2.24, 2.45) is 5.73 Å². The number of hydrogen-bond acceptors (Lipinski definition) is 8. The summed E-state index contributed by atoms with van der Waals surface area (Å²) in [4.78, 5) is 33.7. The molecule has 3 unspecified atom stereocenters. The molecule has 0 spiro atoms. The summed E-state index contributed by atoms with van der Waals surface area (Å²) in [6.45, 7) is 3.96. The first-order valence-corrected chi connectivity index (χ1v) is 27.6. The number of carbonyl (C=O) groups is 2. The van der Waals surface area contributed by atoms with Crippen molar-refractivity contribution < 1.29 is 42.7 Å². The lowest BCUT2D eigenvalue weighted by Gasteiger charge is -2.20. The highest BCUT2D eigenvalue weighted by atomic mass is 31.2. The summed E-state index contributed by atoms with van der Waals surface area (Å²) in [6.07, 6.45) is 50.2. The van der Waals surface area contributed by atoms with Gasteiger partial charge in [-0.25, -0.2) is 4.57 Å². The summed E-state index contributed by atoms with van der Waals surface area (Å²) in [7, 11) is -4.61. The Kier molecular flexibility index (Phi) is 46.2. The van der Waals surface area contributed by atoms with E-state index in [2.05, 4.69) is 13.8 Å². The number of unbranched alkanes of at least 4 members (excludes halogenated alkanes) is 37. The second kappa shape index (κ2) is 46.9. The van der Waals surface area contributed by atoms with E-state index in [0.29, 0.717) is 6.61 Å². The first kappa shape index (κ1) is 60.0. The molecule has 3 atom stereocenters. The number of nitrogens with two attached hydrogens (primary N) is 1. The van der Waals surface area contributed by atoms with Crippen LogP contribution < -0.4 is 5.73 Å². The lowest BCUT2D eigenvalue weighted by atomic mass is 10.0. The molecule has 0 fully saturated rings. The summed E-state index contributed by atoms with van der Waals surface area (Å²) in [6, 6.07) is -1.47. The van der Waals surface area contributed by atoms with Gasteiger partial charge < -0.3 is 25.2 Å². The zero-order valence-electron chi connectivity index (χ0n) is 40.0. The molecule has 0 heterocycles. The first-order chi connectivity index (χ1) is 29.7. The topological polar surface area (TPSA) is 155 Å². The summed E-state index contributed by atoms with van der Waals surface area (Å²) >= 11 is 0. The molecule has 0 aliphatic rings. The van der Waals surface area contributed by atoms with E-state index in [-0.39, 0.29) is 13.0 Å². The highest BCUT2D eigenvalue weighted by molar-refractivity contribution is 7.47. The van der Waals surface area contributed by atoms with Crippen molar-refractivity contribution in [2.45, 2.75) is 283 Å². The van der Waals surface area contributed by atoms with Crippen LogP contribution in [-0.4, -0.2) is 60.5 Å². The Morgan fingerprint density at radius 2 is 0.754 bits per heavy atom. The van der Waals surface area contributed by atoms with Gasteiger partial charge in [-0.1, -0.05) is 251 Å². The number of ether oxygens (including phenoxy) is 2. The monoisotopic (exact) mass is 890 g/mol. The third kappa shape index (κ3) is 46.8. The molecule has 0 aliphatic carbocycles. The normalized spacial score (nSPS) is 13.6. The summed E-state index contributed by atoms with van der Waals surface area (Å²) < 4.78 is 33.5. The van der Waals surface area contributed by atoms with Crippen LogP contribution in [0.3, 0.4) is 0 Å². The van der Waals surface area contributed by atoms with Gasteiger partial charge >= 0.3 is 19.8 Å². The molecule has 0 saturated carbocycles. The van der Waals surface area contributed by atoms with Gasteiger partial charge in [0.15, 0.2) is 0 Å². The number of aliphatic carboxylic acids is 1. The highest BCUT2D eigenvalue weighted by Crippen LogP contribution is 2.43. The zero-order valence-corrected chi connectivity index (χ0v) is 40.9. The van der Waals surface area contributed by atoms with Gasteiger partial charge in [0.1, 0.15) is 12.1 Å². The van der Waals surface area contributed by atoms with Gasteiger partial charge in [0.25, 0.3) is 0 Å².